The number of rotatable bonds is 3. The average molecular weight is 353 g/mol. The molecule has 0 bridgehead atoms. The number of aliphatic hydroxyl groups excluding tert-OH is 2. The standard InChI is InChI=1S/C5H11O7P.Ba.2H/c6-1-3-5(7)4(2-11-3)12-13(8,9)10;;;/h3-7H,1-2H2,(H2,8,9,10);;;/q;+2;2*-1/t3-,4?,5-;;;/m1.../s1. The van der Waals surface area contributed by atoms with Gasteiger partial charge in [-0.25, -0.2) is 4.57 Å². The van der Waals surface area contributed by atoms with Crippen LogP contribution in [0, 0.1) is 0 Å². The minimum atomic E-state index is -4.61. The molecule has 1 fully saturated rings. The van der Waals surface area contributed by atoms with E-state index in [1.54, 1.807) is 0 Å². The second-order valence-corrected chi connectivity index (χ2v) is 3.87. The maximum atomic E-state index is 10.4. The van der Waals surface area contributed by atoms with Crippen molar-refractivity contribution in [1.29, 1.82) is 0 Å². The van der Waals surface area contributed by atoms with E-state index < -0.39 is 32.7 Å². The summed E-state index contributed by atoms with van der Waals surface area (Å²) in [7, 11) is -4.61. The summed E-state index contributed by atoms with van der Waals surface area (Å²) in [6.07, 6.45) is -3.13. The third-order valence-corrected chi connectivity index (χ3v) is 2.23. The number of hydrogen-bond acceptors (Lipinski definition) is 5. The molecular formula is C5H13BaO7P. The molecule has 0 amide bonds. The first-order valence-corrected chi connectivity index (χ1v) is 5.11. The fourth-order valence-electron chi connectivity index (χ4n) is 1.08. The minimum absolute atomic E-state index is 0. The van der Waals surface area contributed by atoms with Crippen molar-refractivity contribution in [3.63, 3.8) is 0 Å². The molecule has 82 valence electrons. The van der Waals surface area contributed by atoms with Crippen LogP contribution in [-0.4, -0.2) is 100 Å². The Hall–Kier alpha value is 1.56. The first kappa shape index (κ1) is 15.6. The van der Waals surface area contributed by atoms with Gasteiger partial charge in [-0.15, -0.1) is 0 Å². The molecule has 7 nitrogen and oxygen atoms in total. The van der Waals surface area contributed by atoms with Crippen molar-refractivity contribution in [2.75, 3.05) is 13.2 Å². The Labute approximate surface area is 124 Å². The van der Waals surface area contributed by atoms with Gasteiger partial charge in [0.15, 0.2) is 0 Å². The van der Waals surface area contributed by atoms with Crippen LogP contribution in [0.5, 0.6) is 0 Å². The molecule has 1 aliphatic heterocycles. The molecule has 0 aromatic rings. The van der Waals surface area contributed by atoms with Crippen molar-refractivity contribution in [3.8, 4) is 0 Å². The van der Waals surface area contributed by atoms with Gasteiger partial charge < -0.3 is 27.6 Å². The minimum Gasteiger partial charge on any atom is -1.00 e. The molecule has 0 aromatic heterocycles. The zero-order chi connectivity index (χ0) is 10.1. The van der Waals surface area contributed by atoms with Gasteiger partial charge in [0.1, 0.15) is 18.3 Å². The normalized spacial score (nSPS) is 32.7. The van der Waals surface area contributed by atoms with Crippen molar-refractivity contribution in [2.24, 2.45) is 0 Å². The Kier molecular flexibility index (Phi) is 7.04. The van der Waals surface area contributed by atoms with Gasteiger partial charge in [-0.1, -0.05) is 0 Å². The van der Waals surface area contributed by atoms with Gasteiger partial charge in [0.25, 0.3) is 0 Å². The summed E-state index contributed by atoms with van der Waals surface area (Å²) in [4.78, 5) is 16.8. The van der Waals surface area contributed by atoms with E-state index in [2.05, 4.69) is 4.52 Å². The fourth-order valence-corrected chi connectivity index (χ4v) is 1.62. The molecular weight excluding hydrogens is 340 g/mol. The summed E-state index contributed by atoms with van der Waals surface area (Å²) >= 11 is 0. The van der Waals surface area contributed by atoms with Crippen LogP contribution in [0.4, 0.5) is 0 Å². The van der Waals surface area contributed by atoms with Gasteiger partial charge in [-0.2, -0.15) is 0 Å². The molecule has 0 aliphatic carbocycles. The van der Waals surface area contributed by atoms with Crippen molar-refractivity contribution < 1.29 is 36.7 Å². The van der Waals surface area contributed by atoms with Crippen molar-refractivity contribution in [1.82, 2.24) is 0 Å². The maximum Gasteiger partial charge on any atom is 2.00 e. The number of phosphoric acid groups is 1. The van der Waals surface area contributed by atoms with Crippen LogP contribution in [0.1, 0.15) is 2.85 Å². The number of hydrogen-bond donors (Lipinski definition) is 4. The molecule has 0 aromatic carbocycles. The van der Waals surface area contributed by atoms with E-state index in [9.17, 15) is 9.67 Å². The van der Waals surface area contributed by atoms with Crippen molar-refractivity contribution in [2.45, 2.75) is 18.3 Å². The van der Waals surface area contributed by atoms with E-state index in [-0.39, 0.29) is 58.3 Å². The van der Waals surface area contributed by atoms with Gasteiger partial charge >= 0.3 is 56.7 Å². The topological polar surface area (TPSA) is 116 Å². The monoisotopic (exact) mass is 354 g/mol. The summed E-state index contributed by atoms with van der Waals surface area (Å²) in [5.74, 6) is 0. The molecule has 9 heteroatoms. The molecule has 0 saturated carbocycles. The zero-order valence-corrected chi connectivity index (χ0v) is 12.6. The number of ether oxygens (including phenoxy) is 1. The predicted molar refractivity (Wildman–Crippen MR) is 47.7 cm³/mol. The summed E-state index contributed by atoms with van der Waals surface area (Å²) in [6.45, 7) is -0.556. The third kappa shape index (κ3) is 4.60. The summed E-state index contributed by atoms with van der Waals surface area (Å²) < 4.78 is 19.4. The van der Waals surface area contributed by atoms with Gasteiger partial charge in [0.05, 0.1) is 13.2 Å². The molecule has 1 rings (SSSR count). The van der Waals surface area contributed by atoms with Crippen molar-refractivity contribution in [3.05, 3.63) is 0 Å². The first-order chi connectivity index (χ1) is 5.94. The van der Waals surface area contributed by atoms with Gasteiger partial charge in [-0.3, -0.25) is 4.52 Å². The zero-order valence-electron chi connectivity index (χ0n) is 9.31. The van der Waals surface area contributed by atoms with Crippen LogP contribution in [0.15, 0.2) is 0 Å². The Morgan fingerprint density at radius 1 is 1.57 bits per heavy atom. The van der Waals surface area contributed by atoms with E-state index in [1.165, 1.54) is 0 Å². The molecule has 14 heavy (non-hydrogen) atoms. The molecule has 4 N–H and O–H groups in total. The van der Waals surface area contributed by atoms with Crippen LogP contribution in [0.25, 0.3) is 0 Å². The summed E-state index contributed by atoms with van der Waals surface area (Å²) in [5, 5.41) is 17.9. The van der Waals surface area contributed by atoms with E-state index in [0.29, 0.717) is 0 Å². The Morgan fingerprint density at radius 2 is 2.14 bits per heavy atom. The SMILES string of the molecule is O=P(O)(O)OC1CO[C@H](CO)[C@H]1O.[Ba+2].[H-].[H-]. The van der Waals surface area contributed by atoms with Crippen LogP contribution < -0.4 is 0 Å². The molecule has 1 saturated heterocycles. The number of phosphoric ester groups is 1. The molecule has 1 heterocycles. The molecule has 0 radical (unpaired) electrons. The quantitative estimate of drug-likeness (QED) is 0.345. The van der Waals surface area contributed by atoms with Gasteiger partial charge in [0.2, 0.25) is 0 Å². The third-order valence-electron chi connectivity index (χ3n) is 1.69. The molecule has 1 unspecified atom stereocenters. The fraction of sp³-hybridized carbons (Fsp3) is 1.00. The van der Waals surface area contributed by atoms with E-state index in [4.69, 9.17) is 19.6 Å². The van der Waals surface area contributed by atoms with Crippen LogP contribution in [0.2, 0.25) is 0 Å². The molecule has 3 atom stereocenters. The second-order valence-electron chi connectivity index (χ2n) is 2.68. The van der Waals surface area contributed by atoms with E-state index in [0.717, 1.165) is 0 Å². The van der Waals surface area contributed by atoms with Crippen LogP contribution in [0.3, 0.4) is 0 Å². The Bertz CT molecular complexity index is 227. The van der Waals surface area contributed by atoms with E-state index >= 15 is 0 Å². The second kappa shape index (κ2) is 6.33. The first-order valence-electron chi connectivity index (χ1n) is 3.58. The smallest absolute Gasteiger partial charge is 1.00 e. The largest absolute Gasteiger partial charge is 2.00 e. The van der Waals surface area contributed by atoms with Gasteiger partial charge in [0, 0.05) is 0 Å². The maximum absolute atomic E-state index is 10.4. The summed E-state index contributed by atoms with van der Waals surface area (Å²) in [5.41, 5.74) is 0. The molecule has 0 spiro atoms. The van der Waals surface area contributed by atoms with Crippen LogP contribution >= 0.6 is 7.82 Å². The number of aliphatic hydroxyl groups is 2. The summed E-state index contributed by atoms with van der Waals surface area (Å²) in [6, 6.07) is 0. The van der Waals surface area contributed by atoms with E-state index in [1.807, 2.05) is 0 Å². The Morgan fingerprint density at radius 3 is 2.50 bits per heavy atom. The average Bonchev–Trinajstić information content (AvgIpc) is 2.30. The predicted octanol–water partition coefficient (Wildman–Crippen LogP) is -1.94. The van der Waals surface area contributed by atoms with Gasteiger partial charge in [-0.05, 0) is 0 Å². The van der Waals surface area contributed by atoms with Crippen molar-refractivity contribution >= 4 is 56.7 Å². The Balaban J connectivity index is -0.000000563. The molecule has 1 aliphatic rings. The van der Waals surface area contributed by atoms with Crippen LogP contribution in [-0.2, 0) is 13.8 Å².